The minimum Gasteiger partial charge on any atom is -0.339 e. The van der Waals surface area contributed by atoms with Gasteiger partial charge in [-0.1, -0.05) is 47.6 Å². The maximum Gasteiger partial charge on any atom is 0.274 e. The Morgan fingerprint density at radius 2 is 1.79 bits per heavy atom. The molecule has 2 aromatic carbocycles. The molecule has 0 aliphatic carbocycles. The quantitative estimate of drug-likeness (QED) is 0.582. The van der Waals surface area contributed by atoms with E-state index in [-0.39, 0.29) is 5.43 Å². The van der Waals surface area contributed by atoms with Crippen molar-refractivity contribution in [2.75, 3.05) is 0 Å². The number of rotatable bonds is 3. The van der Waals surface area contributed by atoms with E-state index >= 15 is 0 Å². The molecular weight excluding hydrogens is 302 g/mol. The number of para-hydroxylation sites is 1. The lowest BCUT2D eigenvalue weighted by Gasteiger charge is -2.08. The second kappa shape index (κ2) is 5.77. The Balaban J connectivity index is 1.76. The number of benzene rings is 2. The average Bonchev–Trinajstić information content (AvgIpc) is 3.07. The zero-order valence-electron chi connectivity index (χ0n) is 13.1. The largest absolute Gasteiger partial charge is 0.339 e. The molecule has 0 bridgehead atoms. The summed E-state index contributed by atoms with van der Waals surface area (Å²) in [5.74, 6) is 0.947. The lowest BCUT2D eigenvalue weighted by molar-refractivity contribution is 0.421. The molecule has 0 N–H and O–H groups in total. The van der Waals surface area contributed by atoms with Crippen molar-refractivity contribution in [1.29, 1.82) is 0 Å². The standard InChI is InChI=1S/C19H15N3O2/c1-22-15-10-6-5-9-14(15)17(23)12-16(22)19-20-18(21-24-19)11-13-7-3-2-4-8-13/h2-10,12H,11H2,1H3. The molecule has 0 atom stereocenters. The number of hydrogen-bond acceptors (Lipinski definition) is 4. The van der Waals surface area contributed by atoms with Crippen LogP contribution in [-0.2, 0) is 13.5 Å². The molecule has 4 aromatic rings. The highest BCUT2D eigenvalue weighted by molar-refractivity contribution is 5.81. The molecule has 5 nitrogen and oxygen atoms in total. The molecule has 0 saturated carbocycles. The molecular formula is C19H15N3O2. The van der Waals surface area contributed by atoms with E-state index in [0.29, 0.717) is 29.2 Å². The van der Waals surface area contributed by atoms with Crippen LogP contribution < -0.4 is 5.43 Å². The summed E-state index contributed by atoms with van der Waals surface area (Å²) in [5, 5.41) is 4.71. The SMILES string of the molecule is Cn1c(-c2nc(Cc3ccccc3)no2)cc(=O)c2ccccc21. The normalized spacial score (nSPS) is 11.0. The monoisotopic (exact) mass is 317 g/mol. The molecule has 2 heterocycles. The second-order valence-corrected chi connectivity index (χ2v) is 5.65. The molecule has 0 aliphatic heterocycles. The molecule has 5 heteroatoms. The Morgan fingerprint density at radius 3 is 2.62 bits per heavy atom. The van der Waals surface area contributed by atoms with E-state index in [0.717, 1.165) is 11.1 Å². The highest BCUT2D eigenvalue weighted by atomic mass is 16.5. The van der Waals surface area contributed by atoms with E-state index in [1.54, 1.807) is 6.07 Å². The number of aryl methyl sites for hydroxylation is 1. The molecule has 0 unspecified atom stereocenters. The van der Waals surface area contributed by atoms with Gasteiger partial charge in [0.15, 0.2) is 11.3 Å². The average molecular weight is 317 g/mol. The number of hydrogen-bond donors (Lipinski definition) is 0. The molecule has 0 fully saturated rings. The van der Waals surface area contributed by atoms with E-state index < -0.39 is 0 Å². The Hall–Kier alpha value is -3.21. The Bertz CT molecular complexity index is 1060. The van der Waals surface area contributed by atoms with E-state index in [1.165, 1.54) is 0 Å². The summed E-state index contributed by atoms with van der Waals surface area (Å²) in [5.41, 5.74) is 2.51. The van der Waals surface area contributed by atoms with E-state index in [4.69, 9.17) is 4.52 Å². The zero-order chi connectivity index (χ0) is 16.5. The van der Waals surface area contributed by atoms with Crippen molar-refractivity contribution in [3.8, 4) is 11.6 Å². The zero-order valence-corrected chi connectivity index (χ0v) is 13.1. The maximum atomic E-state index is 12.3. The van der Waals surface area contributed by atoms with Crippen LogP contribution in [0.3, 0.4) is 0 Å². The van der Waals surface area contributed by atoms with Crippen LogP contribution in [0, 0.1) is 0 Å². The first-order chi connectivity index (χ1) is 11.7. The van der Waals surface area contributed by atoms with Gasteiger partial charge in [0.1, 0.15) is 5.69 Å². The fraction of sp³-hybridized carbons (Fsp3) is 0.105. The summed E-state index contributed by atoms with van der Waals surface area (Å²) < 4.78 is 7.29. The topological polar surface area (TPSA) is 60.9 Å². The number of pyridine rings is 1. The van der Waals surface area contributed by atoms with Crippen LogP contribution in [0.15, 0.2) is 70.0 Å². The van der Waals surface area contributed by atoms with Crippen molar-refractivity contribution in [3.63, 3.8) is 0 Å². The molecule has 0 saturated heterocycles. The van der Waals surface area contributed by atoms with Gasteiger partial charge in [0.25, 0.3) is 5.89 Å². The van der Waals surface area contributed by atoms with Crippen molar-refractivity contribution in [2.24, 2.45) is 7.05 Å². The van der Waals surface area contributed by atoms with Crippen molar-refractivity contribution in [3.05, 3.63) is 82.3 Å². The molecule has 0 aliphatic rings. The third-order valence-corrected chi connectivity index (χ3v) is 4.05. The molecule has 24 heavy (non-hydrogen) atoms. The number of nitrogens with zero attached hydrogens (tertiary/aromatic N) is 3. The molecule has 0 spiro atoms. The van der Waals surface area contributed by atoms with Gasteiger partial charge < -0.3 is 9.09 Å². The first kappa shape index (κ1) is 14.4. The maximum absolute atomic E-state index is 12.3. The summed E-state index contributed by atoms with van der Waals surface area (Å²) in [6.07, 6.45) is 0.589. The van der Waals surface area contributed by atoms with Crippen LogP contribution in [0.5, 0.6) is 0 Å². The highest BCUT2D eigenvalue weighted by Gasteiger charge is 2.14. The van der Waals surface area contributed by atoms with Gasteiger partial charge in [-0.25, -0.2) is 0 Å². The molecule has 4 rings (SSSR count). The van der Waals surface area contributed by atoms with Gasteiger partial charge in [0.2, 0.25) is 0 Å². The van der Waals surface area contributed by atoms with E-state index in [9.17, 15) is 4.79 Å². The molecule has 2 aromatic heterocycles. The van der Waals surface area contributed by atoms with Crippen molar-refractivity contribution in [1.82, 2.24) is 14.7 Å². The Kier molecular flexibility index (Phi) is 3.46. The molecule has 118 valence electrons. The second-order valence-electron chi connectivity index (χ2n) is 5.65. The van der Waals surface area contributed by atoms with E-state index in [1.807, 2.05) is 66.2 Å². The lowest BCUT2D eigenvalue weighted by Crippen LogP contribution is -2.09. The van der Waals surface area contributed by atoms with Gasteiger partial charge in [-0.2, -0.15) is 4.98 Å². The van der Waals surface area contributed by atoms with Gasteiger partial charge >= 0.3 is 0 Å². The van der Waals surface area contributed by atoms with Gasteiger partial charge in [-0.05, 0) is 17.7 Å². The van der Waals surface area contributed by atoms with Gasteiger partial charge in [-0.15, -0.1) is 0 Å². The summed E-state index contributed by atoms with van der Waals surface area (Å²) in [6.45, 7) is 0. The third-order valence-electron chi connectivity index (χ3n) is 4.05. The van der Waals surface area contributed by atoms with Gasteiger partial charge in [0.05, 0.1) is 5.52 Å². The Morgan fingerprint density at radius 1 is 1.04 bits per heavy atom. The highest BCUT2D eigenvalue weighted by Crippen LogP contribution is 2.20. The predicted molar refractivity (Wildman–Crippen MR) is 91.7 cm³/mol. The lowest BCUT2D eigenvalue weighted by atomic mass is 10.1. The fourth-order valence-corrected chi connectivity index (χ4v) is 2.82. The van der Waals surface area contributed by atoms with Crippen molar-refractivity contribution in [2.45, 2.75) is 6.42 Å². The first-order valence-corrected chi connectivity index (χ1v) is 7.68. The van der Waals surface area contributed by atoms with Crippen LogP contribution in [0.1, 0.15) is 11.4 Å². The molecule has 0 amide bonds. The van der Waals surface area contributed by atoms with Crippen LogP contribution in [-0.4, -0.2) is 14.7 Å². The Labute approximate surface area is 138 Å². The predicted octanol–water partition coefficient (Wildman–Crippen LogP) is 3.18. The minimum atomic E-state index is -0.0542. The van der Waals surface area contributed by atoms with Gasteiger partial charge in [-0.3, -0.25) is 4.79 Å². The van der Waals surface area contributed by atoms with Gasteiger partial charge in [0, 0.05) is 24.9 Å². The number of aromatic nitrogens is 3. The van der Waals surface area contributed by atoms with Crippen LogP contribution in [0.2, 0.25) is 0 Å². The molecule has 0 radical (unpaired) electrons. The van der Waals surface area contributed by atoms with E-state index in [2.05, 4.69) is 10.1 Å². The van der Waals surface area contributed by atoms with Crippen LogP contribution in [0.25, 0.3) is 22.5 Å². The first-order valence-electron chi connectivity index (χ1n) is 7.68. The fourth-order valence-electron chi connectivity index (χ4n) is 2.82. The summed E-state index contributed by atoms with van der Waals surface area (Å²) in [4.78, 5) is 16.8. The van der Waals surface area contributed by atoms with Crippen molar-refractivity contribution < 1.29 is 4.52 Å². The smallest absolute Gasteiger partial charge is 0.274 e. The minimum absolute atomic E-state index is 0.0542. The summed E-state index contributed by atoms with van der Waals surface area (Å²) >= 11 is 0. The van der Waals surface area contributed by atoms with Crippen LogP contribution >= 0.6 is 0 Å². The number of fused-ring (bicyclic) bond motifs is 1. The van der Waals surface area contributed by atoms with Crippen molar-refractivity contribution >= 4 is 10.9 Å². The summed E-state index contributed by atoms with van der Waals surface area (Å²) in [6, 6.07) is 19.0. The van der Waals surface area contributed by atoms with Crippen LogP contribution in [0.4, 0.5) is 0 Å². The third kappa shape index (κ3) is 2.50. The summed E-state index contributed by atoms with van der Waals surface area (Å²) in [7, 11) is 1.89.